The molecule has 1 unspecified atom stereocenters. The van der Waals surface area contributed by atoms with Crippen LogP contribution in [0.2, 0.25) is 0 Å². The van der Waals surface area contributed by atoms with Crippen LogP contribution in [0.15, 0.2) is 15.8 Å². The predicted molar refractivity (Wildman–Crippen MR) is 89.2 cm³/mol. The average Bonchev–Trinajstić information content (AvgIpc) is 3.19. The van der Waals surface area contributed by atoms with Crippen molar-refractivity contribution in [2.24, 2.45) is 0 Å². The molecule has 1 aromatic heterocycles. The van der Waals surface area contributed by atoms with Crippen LogP contribution in [0.25, 0.3) is 0 Å². The molecule has 4 heterocycles. The number of nitrogens with zero attached hydrogens (tertiary/aromatic N) is 2. The number of rotatable bonds is 4. The second-order valence-corrected chi connectivity index (χ2v) is 7.11. The van der Waals surface area contributed by atoms with Gasteiger partial charge in [-0.15, -0.1) is 0 Å². The van der Waals surface area contributed by atoms with Gasteiger partial charge in [0.15, 0.2) is 6.29 Å². The van der Waals surface area contributed by atoms with E-state index in [1.54, 1.807) is 6.92 Å². The molecule has 4 rings (SSSR count). The van der Waals surface area contributed by atoms with Crippen molar-refractivity contribution in [1.29, 1.82) is 0 Å². The number of aromatic nitrogens is 2. The number of ether oxygens (including phenoxy) is 2. The first-order valence-electron chi connectivity index (χ1n) is 9.11. The Balaban J connectivity index is 1.42. The van der Waals surface area contributed by atoms with Gasteiger partial charge in [-0.05, 0) is 39.0 Å². The van der Waals surface area contributed by atoms with E-state index in [0.717, 1.165) is 38.7 Å². The third-order valence-electron chi connectivity index (χ3n) is 5.37. The highest BCUT2D eigenvalue weighted by atomic mass is 16.7. The molecule has 0 amide bonds. The molecule has 138 valence electrons. The largest absolute Gasteiger partial charge is 0.353 e. The highest BCUT2D eigenvalue weighted by molar-refractivity contribution is 5.04. The highest BCUT2D eigenvalue weighted by Gasteiger charge is 2.45. The van der Waals surface area contributed by atoms with Gasteiger partial charge in [0.05, 0.1) is 18.7 Å². The fourth-order valence-corrected chi connectivity index (χ4v) is 4.06. The molecular formula is C17H25N3O5. The summed E-state index contributed by atoms with van der Waals surface area (Å²) >= 11 is 0. The summed E-state index contributed by atoms with van der Waals surface area (Å²) in [7, 11) is 0. The Hall–Kier alpha value is -1.48. The zero-order chi connectivity index (χ0) is 17.4. The Morgan fingerprint density at radius 1 is 1.28 bits per heavy atom. The maximum absolute atomic E-state index is 12.4. The lowest BCUT2D eigenvalue weighted by Crippen LogP contribution is -2.42. The first kappa shape index (κ1) is 17.0. The minimum Gasteiger partial charge on any atom is -0.353 e. The summed E-state index contributed by atoms with van der Waals surface area (Å²) in [4.78, 5) is 33.2. The van der Waals surface area contributed by atoms with E-state index in [2.05, 4.69) is 4.98 Å². The first-order valence-corrected chi connectivity index (χ1v) is 9.11. The lowest BCUT2D eigenvalue weighted by Gasteiger charge is -2.24. The molecule has 3 aliphatic heterocycles. The van der Waals surface area contributed by atoms with E-state index in [0.29, 0.717) is 18.7 Å². The SMILES string of the molecule is Cc1c[nH]c(=O)n([C@H]2CCN3O[C@@H](COC4CCCCO4)C[C@H]23)c1=O. The van der Waals surface area contributed by atoms with Crippen LogP contribution < -0.4 is 11.2 Å². The zero-order valence-corrected chi connectivity index (χ0v) is 14.5. The van der Waals surface area contributed by atoms with Crippen molar-refractivity contribution in [2.45, 2.75) is 63.5 Å². The topological polar surface area (TPSA) is 85.8 Å². The number of aryl methyl sites for hydroxylation is 1. The molecule has 0 bridgehead atoms. The molecule has 3 aliphatic rings. The Labute approximate surface area is 145 Å². The number of nitrogens with one attached hydrogen (secondary N) is 1. The summed E-state index contributed by atoms with van der Waals surface area (Å²) in [6.07, 6.45) is 5.91. The second-order valence-electron chi connectivity index (χ2n) is 7.11. The van der Waals surface area contributed by atoms with E-state index in [4.69, 9.17) is 14.3 Å². The third kappa shape index (κ3) is 3.31. The quantitative estimate of drug-likeness (QED) is 0.860. The molecule has 0 aromatic carbocycles. The Morgan fingerprint density at radius 2 is 2.16 bits per heavy atom. The van der Waals surface area contributed by atoms with Gasteiger partial charge in [0.2, 0.25) is 0 Å². The van der Waals surface area contributed by atoms with Crippen LogP contribution >= 0.6 is 0 Å². The summed E-state index contributed by atoms with van der Waals surface area (Å²) in [5.41, 5.74) is -0.0186. The Morgan fingerprint density at radius 3 is 2.96 bits per heavy atom. The molecular weight excluding hydrogens is 326 g/mol. The van der Waals surface area contributed by atoms with E-state index >= 15 is 0 Å². The van der Waals surface area contributed by atoms with Crippen LogP contribution in [0.3, 0.4) is 0 Å². The molecule has 8 nitrogen and oxygen atoms in total. The van der Waals surface area contributed by atoms with Crippen molar-refractivity contribution in [1.82, 2.24) is 14.6 Å². The fourth-order valence-electron chi connectivity index (χ4n) is 4.06. The van der Waals surface area contributed by atoms with Crippen LogP contribution in [0.4, 0.5) is 0 Å². The lowest BCUT2D eigenvalue weighted by molar-refractivity contribution is -0.206. The number of fused-ring (bicyclic) bond motifs is 1. The van der Waals surface area contributed by atoms with Gasteiger partial charge in [0.25, 0.3) is 5.56 Å². The van der Waals surface area contributed by atoms with Crippen LogP contribution in [-0.2, 0) is 14.3 Å². The molecule has 25 heavy (non-hydrogen) atoms. The standard InChI is InChI=1S/C17H25N3O5/c1-11-9-18-17(22)20(16(11)21)13-5-6-19-14(13)8-12(25-19)10-24-15-4-2-3-7-23-15/h9,12-15H,2-8,10H2,1H3,(H,18,22)/t12-,13+,14-,15?/m1/s1. The maximum Gasteiger partial charge on any atom is 0.328 e. The number of H-pyrrole nitrogens is 1. The summed E-state index contributed by atoms with van der Waals surface area (Å²) in [5, 5.41) is 1.91. The van der Waals surface area contributed by atoms with Crippen molar-refractivity contribution in [3.05, 3.63) is 32.6 Å². The number of hydrogen-bond donors (Lipinski definition) is 1. The van der Waals surface area contributed by atoms with E-state index in [9.17, 15) is 9.59 Å². The van der Waals surface area contributed by atoms with Crippen LogP contribution in [0, 0.1) is 6.92 Å². The van der Waals surface area contributed by atoms with E-state index in [-0.39, 0.29) is 35.7 Å². The molecule has 0 radical (unpaired) electrons. The Kier molecular flexibility index (Phi) is 4.77. The average molecular weight is 351 g/mol. The van der Waals surface area contributed by atoms with Gasteiger partial charge in [0.1, 0.15) is 6.10 Å². The normalized spacial score (nSPS) is 32.8. The van der Waals surface area contributed by atoms with Crippen molar-refractivity contribution < 1.29 is 14.3 Å². The maximum atomic E-state index is 12.4. The minimum atomic E-state index is -0.349. The Bertz CT molecular complexity index is 724. The third-order valence-corrected chi connectivity index (χ3v) is 5.37. The number of aromatic amines is 1. The van der Waals surface area contributed by atoms with Gasteiger partial charge in [-0.1, -0.05) is 0 Å². The van der Waals surface area contributed by atoms with Gasteiger partial charge in [-0.3, -0.25) is 14.2 Å². The minimum absolute atomic E-state index is 0.0291. The van der Waals surface area contributed by atoms with E-state index in [1.807, 2.05) is 5.06 Å². The predicted octanol–water partition coefficient (Wildman–Crippen LogP) is 0.708. The van der Waals surface area contributed by atoms with Gasteiger partial charge < -0.3 is 14.5 Å². The van der Waals surface area contributed by atoms with E-state index < -0.39 is 0 Å². The number of hydroxylamine groups is 2. The molecule has 1 N–H and O–H groups in total. The lowest BCUT2D eigenvalue weighted by atomic mass is 10.0. The molecule has 3 fully saturated rings. The van der Waals surface area contributed by atoms with Crippen molar-refractivity contribution in [3.8, 4) is 0 Å². The van der Waals surface area contributed by atoms with Crippen LogP contribution in [0.1, 0.15) is 43.7 Å². The summed E-state index contributed by atoms with van der Waals surface area (Å²) in [6.45, 7) is 3.66. The fraction of sp³-hybridized carbons (Fsp3) is 0.765. The van der Waals surface area contributed by atoms with Gasteiger partial charge >= 0.3 is 5.69 Å². The highest BCUT2D eigenvalue weighted by Crippen LogP contribution is 2.36. The van der Waals surface area contributed by atoms with Crippen LogP contribution in [0.5, 0.6) is 0 Å². The molecule has 0 aliphatic carbocycles. The van der Waals surface area contributed by atoms with Crippen molar-refractivity contribution in [3.63, 3.8) is 0 Å². The molecule has 3 saturated heterocycles. The van der Waals surface area contributed by atoms with Gasteiger partial charge in [0, 0.05) is 24.9 Å². The van der Waals surface area contributed by atoms with E-state index in [1.165, 1.54) is 10.8 Å². The smallest absolute Gasteiger partial charge is 0.328 e. The zero-order valence-electron chi connectivity index (χ0n) is 14.5. The number of hydrogen-bond acceptors (Lipinski definition) is 6. The summed E-state index contributed by atoms with van der Waals surface area (Å²) < 4.78 is 12.8. The van der Waals surface area contributed by atoms with Gasteiger partial charge in [-0.25, -0.2) is 4.79 Å². The first-order chi connectivity index (χ1) is 12.1. The molecule has 1 aromatic rings. The molecule has 0 saturated carbocycles. The summed E-state index contributed by atoms with van der Waals surface area (Å²) in [5.74, 6) is 0. The molecule has 0 spiro atoms. The van der Waals surface area contributed by atoms with Gasteiger partial charge in [-0.2, -0.15) is 5.06 Å². The van der Waals surface area contributed by atoms with Crippen LogP contribution in [-0.4, -0.2) is 52.8 Å². The molecule has 8 heteroatoms. The van der Waals surface area contributed by atoms with Crippen molar-refractivity contribution >= 4 is 0 Å². The van der Waals surface area contributed by atoms with Crippen molar-refractivity contribution in [2.75, 3.05) is 19.8 Å². The monoisotopic (exact) mass is 351 g/mol. The second kappa shape index (κ2) is 7.03. The summed E-state index contributed by atoms with van der Waals surface area (Å²) in [6, 6.07) is -0.131. The molecule has 4 atom stereocenters.